The van der Waals surface area contributed by atoms with Crippen molar-refractivity contribution in [2.75, 3.05) is 6.54 Å². The van der Waals surface area contributed by atoms with Gasteiger partial charge in [-0.25, -0.2) is 4.79 Å². The lowest BCUT2D eigenvalue weighted by Gasteiger charge is -2.07. The number of aryl methyl sites for hydroxylation is 2. The molecular formula is C14H16N2O2. The zero-order valence-corrected chi connectivity index (χ0v) is 10.3. The van der Waals surface area contributed by atoms with Gasteiger partial charge in [0.1, 0.15) is 0 Å². The first-order valence-corrected chi connectivity index (χ1v) is 5.95. The summed E-state index contributed by atoms with van der Waals surface area (Å²) < 4.78 is 0. The van der Waals surface area contributed by atoms with E-state index in [1.54, 1.807) is 6.07 Å². The quantitative estimate of drug-likeness (QED) is 0.863. The number of benzene rings is 1. The van der Waals surface area contributed by atoms with Crippen LogP contribution in [0, 0.1) is 6.92 Å². The highest BCUT2D eigenvalue weighted by Crippen LogP contribution is 2.20. The number of rotatable bonds is 4. The van der Waals surface area contributed by atoms with E-state index >= 15 is 0 Å². The molecule has 0 unspecified atom stereocenters. The third kappa shape index (κ3) is 2.49. The van der Waals surface area contributed by atoms with Crippen LogP contribution in [0.15, 0.2) is 24.3 Å². The number of hydrogen-bond acceptors (Lipinski definition) is 3. The molecule has 1 aromatic heterocycles. The maximum absolute atomic E-state index is 11.3. The molecule has 0 spiro atoms. The highest BCUT2D eigenvalue weighted by molar-refractivity contribution is 6.02. The van der Waals surface area contributed by atoms with Gasteiger partial charge >= 0.3 is 5.97 Å². The van der Waals surface area contributed by atoms with E-state index in [0.717, 1.165) is 23.2 Å². The van der Waals surface area contributed by atoms with E-state index in [9.17, 15) is 9.90 Å². The number of aromatic carboxylic acids is 1. The van der Waals surface area contributed by atoms with E-state index in [0.29, 0.717) is 23.9 Å². The normalized spacial score (nSPS) is 10.8. The Morgan fingerprint density at radius 2 is 2.17 bits per heavy atom. The summed E-state index contributed by atoms with van der Waals surface area (Å²) in [4.78, 5) is 15.8. The number of pyridine rings is 1. The molecule has 94 valence electrons. The van der Waals surface area contributed by atoms with Crippen molar-refractivity contribution in [3.8, 4) is 0 Å². The van der Waals surface area contributed by atoms with Gasteiger partial charge in [0, 0.05) is 11.1 Å². The fourth-order valence-corrected chi connectivity index (χ4v) is 1.98. The molecule has 1 aromatic carbocycles. The Kier molecular flexibility index (Phi) is 3.58. The summed E-state index contributed by atoms with van der Waals surface area (Å²) in [5.74, 6) is -0.916. The van der Waals surface area contributed by atoms with Gasteiger partial charge in [0.05, 0.1) is 11.1 Å². The monoisotopic (exact) mass is 244 g/mol. The molecule has 3 N–H and O–H groups in total. The second-order valence-corrected chi connectivity index (χ2v) is 4.38. The minimum Gasteiger partial charge on any atom is -0.478 e. The summed E-state index contributed by atoms with van der Waals surface area (Å²) in [7, 11) is 0. The van der Waals surface area contributed by atoms with Gasteiger partial charge in [0.15, 0.2) is 0 Å². The second-order valence-electron chi connectivity index (χ2n) is 4.38. The fraction of sp³-hybridized carbons (Fsp3) is 0.286. The third-order valence-corrected chi connectivity index (χ3v) is 2.89. The third-order valence-electron chi connectivity index (χ3n) is 2.89. The molecule has 0 aliphatic heterocycles. The molecule has 0 amide bonds. The van der Waals surface area contributed by atoms with Gasteiger partial charge in [0.2, 0.25) is 0 Å². The summed E-state index contributed by atoms with van der Waals surface area (Å²) in [6.07, 6.45) is 1.52. The van der Waals surface area contributed by atoms with Gasteiger partial charge < -0.3 is 10.8 Å². The van der Waals surface area contributed by atoms with Gasteiger partial charge in [0.25, 0.3) is 0 Å². The number of aromatic nitrogens is 1. The Labute approximate surface area is 105 Å². The SMILES string of the molecule is Cc1ccc2c(C(=O)O)cc(CCCN)nc2c1. The number of nitrogens with two attached hydrogens (primary N) is 1. The first kappa shape index (κ1) is 12.5. The molecule has 0 fully saturated rings. The van der Waals surface area contributed by atoms with Gasteiger partial charge in [-0.15, -0.1) is 0 Å². The number of carboxylic acid groups (broad SMARTS) is 1. The minimum absolute atomic E-state index is 0.312. The minimum atomic E-state index is -0.916. The Morgan fingerprint density at radius 1 is 1.39 bits per heavy atom. The van der Waals surface area contributed by atoms with Crippen LogP contribution in [0.3, 0.4) is 0 Å². The average Bonchev–Trinajstić information content (AvgIpc) is 2.34. The zero-order valence-electron chi connectivity index (χ0n) is 10.3. The summed E-state index contributed by atoms with van der Waals surface area (Å²) in [5.41, 5.74) is 8.38. The number of hydrogen-bond donors (Lipinski definition) is 2. The molecule has 0 aliphatic rings. The summed E-state index contributed by atoms with van der Waals surface area (Å²) >= 11 is 0. The molecule has 0 atom stereocenters. The van der Waals surface area contributed by atoms with E-state index in [-0.39, 0.29) is 0 Å². The predicted octanol–water partition coefficient (Wildman–Crippen LogP) is 2.13. The number of carboxylic acids is 1. The van der Waals surface area contributed by atoms with Crippen LogP contribution in [0.1, 0.15) is 28.0 Å². The lowest BCUT2D eigenvalue weighted by Crippen LogP contribution is -2.05. The van der Waals surface area contributed by atoms with Crippen molar-refractivity contribution in [3.63, 3.8) is 0 Å². The Hall–Kier alpha value is -1.94. The van der Waals surface area contributed by atoms with Crippen LogP contribution in [0.5, 0.6) is 0 Å². The maximum atomic E-state index is 11.3. The van der Waals surface area contributed by atoms with E-state index in [1.165, 1.54) is 0 Å². The molecule has 4 heteroatoms. The summed E-state index contributed by atoms with van der Waals surface area (Å²) in [6.45, 7) is 2.55. The van der Waals surface area contributed by atoms with Crippen molar-refractivity contribution >= 4 is 16.9 Å². The molecule has 2 rings (SSSR count). The van der Waals surface area contributed by atoms with Crippen LogP contribution in [-0.4, -0.2) is 22.6 Å². The highest BCUT2D eigenvalue weighted by Gasteiger charge is 2.11. The summed E-state index contributed by atoms with van der Waals surface area (Å²) in [6, 6.07) is 7.27. The first-order valence-electron chi connectivity index (χ1n) is 5.95. The highest BCUT2D eigenvalue weighted by atomic mass is 16.4. The van der Waals surface area contributed by atoms with E-state index in [1.807, 2.05) is 25.1 Å². The van der Waals surface area contributed by atoms with Gasteiger partial charge in [-0.05, 0) is 44.0 Å². The van der Waals surface area contributed by atoms with E-state index in [4.69, 9.17) is 5.73 Å². The average molecular weight is 244 g/mol. The van der Waals surface area contributed by atoms with Crippen LogP contribution in [0.2, 0.25) is 0 Å². The van der Waals surface area contributed by atoms with Crippen molar-refractivity contribution in [3.05, 3.63) is 41.1 Å². The molecule has 4 nitrogen and oxygen atoms in total. The zero-order chi connectivity index (χ0) is 13.1. The largest absolute Gasteiger partial charge is 0.478 e. The first-order chi connectivity index (χ1) is 8.61. The molecular weight excluding hydrogens is 228 g/mol. The lowest BCUT2D eigenvalue weighted by molar-refractivity contribution is 0.0699. The number of fused-ring (bicyclic) bond motifs is 1. The van der Waals surface area contributed by atoms with Crippen LogP contribution in [0.4, 0.5) is 0 Å². The Balaban J connectivity index is 2.59. The molecule has 0 bridgehead atoms. The van der Waals surface area contributed by atoms with Crippen LogP contribution >= 0.6 is 0 Å². The van der Waals surface area contributed by atoms with Crippen molar-refractivity contribution in [1.29, 1.82) is 0 Å². The molecule has 0 radical (unpaired) electrons. The lowest BCUT2D eigenvalue weighted by atomic mass is 10.0. The smallest absolute Gasteiger partial charge is 0.336 e. The Morgan fingerprint density at radius 3 is 2.83 bits per heavy atom. The van der Waals surface area contributed by atoms with Crippen molar-refractivity contribution in [1.82, 2.24) is 4.98 Å². The van der Waals surface area contributed by atoms with Gasteiger partial charge in [-0.2, -0.15) is 0 Å². The molecule has 1 heterocycles. The van der Waals surface area contributed by atoms with Crippen molar-refractivity contribution < 1.29 is 9.90 Å². The molecule has 18 heavy (non-hydrogen) atoms. The predicted molar refractivity (Wildman–Crippen MR) is 70.8 cm³/mol. The maximum Gasteiger partial charge on any atom is 0.336 e. The number of carbonyl (C=O) groups is 1. The molecule has 0 saturated heterocycles. The van der Waals surface area contributed by atoms with Crippen LogP contribution in [0.25, 0.3) is 10.9 Å². The van der Waals surface area contributed by atoms with E-state index < -0.39 is 5.97 Å². The molecule has 2 aromatic rings. The number of nitrogens with zero attached hydrogens (tertiary/aromatic N) is 1. The fourth-order valence-electron chi connectivity index (χ4n) is 1.98. The molecule has 0 aliphatic carbocycles. The van der Waals surface area contributed by atoms with Gasteiger partial charge in [-0.1, -0.05) is 12.1 Å². The Bertz CT molecular complexity index is 594. The van der Waals surface area contributed by atoms with Crippen LogP contribution in [-0.2, 0) is 6.42 Å². The standard InChI is InChI=1S/C14H16N2O2/c1-9-4-5-11-12(14(17)18)8-10(3-2-6-15)16-13(11)7-9/h4-5,7-8H,2-3,6,15H2,1H3,(H,17,18). The van der Waals surface area contributed by atoms with Crippen LogP contribution < -0.4 is 5.73 Å². The molecule has 0 saturated carbocycles. The topological polar surface area (TPSA) is 76.2 Å². The summed E-state index contributed by atoms with van der Waals surface area (Å²) in [5, 5.41) is 9.93. The van der Waals surface area contributed by atoms with Gasteiger partial charge in [-0.3, -0.25) is 4.98 Å². The van der Waals surface area contributed by atoms with Crippen molar-refractivity contribution in [2.24, 2.45) is 5.73 Å². The van der Waals surface area contributed by atoms with E-state index in [2.05, 4.69) is 4.98 Å². The van der Waals surface area contributed by atoms with Crippen molar-refractivity contribution in [2.45, 2.75) is 19.8 Å². The second kappa shape index (κ2) is 5.14.